The van der Waals surface area contributed by atoms with Crippen LogP contribution in [0.25, 0.3) is 0 Å². The van der Waals surface area contributed by atoms with E-state index in [0.29, 0.717) is 30.7 Å². The van der Waals surface area contributed by atoms with Crippen molar-refractivity contribution in [3.05, 3.63) is 35.4 Å². The van der Waals surface area contributed by atoms with E-state index in [1.807, 2.05) is 13.8 Å². The Morgan fingerprint density at radius 3 is 2.24 bits per heavy atom. The summed E-state index contributed by atoms with van der Waals surface area (Å²) in [7, 11) is 1.64. The van der Waals surface area contributed by atoms with Gasteiger partial charge in [0.15, 0.2) is 0 Å². The molecule has 0 aromatic heterocycles. The fourth-order valence-corrected chi connectivity index (χ4v) is 2.97. The van der Waals surface area contributed by atoms with E-state index >= 15 is 0 Å². The molecule has 1 unspecified atom stereocenters. The smallest absolute Gasteiger partial charge is 0.262 e. The Bertz CT molecular complexity index is 607. The summed E-state index contributed by atoms with van der Waals surface area (Å²) in [6, 6.07) is 5.92. The number of nitrogens with zero attached hydrogens (tertiary/aromatic N) is 1. The van der Waals surface area contributed by atoms with Gasteiger partial charge in [-0.3, -0.25) is 19.3 Å². The van der Waals surface area contributed by atoms with Crippen LogP contribution >= 0.6 is 0 Å². The number of unbranched alkanes of at least 4 members (excludes halogenated alkanes) is 1. The molecule has 0 saturated carbocycles. The number of hydrogen-bond acceptors (Lipinski definition) is 4. The normalized spacial score (nSPS) is 14.8. The molecule has 0 saturated heterocycles. The highest BCUT2D eigenvalue weighted by Crippen LogP contribution is 2.26. The fourth-order valence-electron chi connectivity index (χ4n) is 2.97. The molecule has 1 aromatic rings. The Labute approximate surface area is 148 Å². The summed E-state index contributed by atoms with van der Waals surface area (Å²) in [5.74, 6) is -0.879. The van der Waals surface area contributed by atoms with Gasteiger partial charge in [0, 0.05) is 20.3 Å². The van der Waals surface area contributed by atoms with Crippen LogP contribution in [0.15, 0.2) is 24.3 Å². The first kappa shape index (κ1) is 19.1. The lowest BCUT2D eigenvalue weighted by Gasteiger charge is -2.26. The number of carbonyl (C=O) groups is 3. The van der Waals surface area contributed by atoms with Crippen molar-refractivity contribution in [3.8, 4) is 0 Å². The van der Waals surface area contributed by atoms with Gasteiger partial charge in [0.1, 0.15) is 6.04 Å². The van der Waals surface area contributed by atoms with Crippen molar-refractivity contribution in [2.75, 3.05) is 20.3 Å². The number of imide groups is 1. The van der Waals surface area contributed by atoms with Crippen molar-refractivity contribution in [1.29, 1.82) is 0 Å². The lowest BCUT2D eigenvalue weighted by atomic mass is 10.0. The first-order chi connectivity index (χ1) is 12.0. The van der Waals surface area contributed by atoms with Crippen LogP contribution in [0.4, 0.5) is 0 Å². The number of rotatable bonds is 9. The van der Waals surface area contributed by atoms with E-state index in [4.69, 9.17) is 4.74 Å². The van der Waals surface area contributed by atoms with E-state index < -0.39 is 6.04 Å². The highest BCUT2D eigenvalue weighted by molar-refractivity contribution is 6.22. The van der Waals surface area contributed by atoms with Crippen LogP contribution in [0.2, 0.25) is 0 Å². The standard InChI is InChI=1S/C19H26N2O4/c1-13(2)12-16(17(22)20-10-6-7-11-25-3)21-18(23)14-8-4-5-9-15(14)19(21)24/h4-5,8-9,13,16H,6-7,10-12H2,1-3H3,(H,20,22). The highest BCUT2D eigenvalue weighted by atomic mass is 16.5. The summed E-state index contributed by atoms with van der Waals surface area (Å²) < 4.78 is 4.98. The lowest BCUT2D eigenvalue weighted by molar-refractivity contribution is -0.125. The summed E-state index contributed by atoms with van der Waals surface area (Å²) in [5, 5.41) is 2.85. The van der Waals surface area contributed by atoms with Crippen LogP contribution < -0.4 is 5.32 Å². The van der Waals surface area contributed by atoms with E-state index in [2.05, 4.69) is 5.32 Å². The number of amides is 3. The van der Waals surface area contributed by atoms with Gasteiger partial charge >= 0.3 is 0 Å². The van der Waals surface area contributed by atoms with Crippen LogP contribution in [0.5, 0.6) is 0 Å². The molecule has 1 aliphatic rings. The number of fused-ring (bicyclic) bond motifs is 1. The van der Waals surface area contributed by atoms with Crippen molar-refractivity contribution >= 4 is 17.7 Å². The Hall–Kier alpha value is -2.21. The van der Waals surface area contributed by atoms with Crippen molar-refractivity contribution < 1.29 is 19.1 Å². The first-order valence-electron chi connectivity index (χ1n) is 8.71. The van der Waals surface area contributed by atoms with E-state index in [9.17, 15) is 14.4 Å². The third-order valence-corrected chi connectivity index (χ3v) is 4.21. The van der Waals surface area contributed by atoms with E-state index in [1.54, 1.807) is 31.4 Å². The number of ether oxygens (including phenoxy) is 1. The van der Waals surface area contributed by atoms with E-state index in [-0.39, 0.29) is 23.6 Å². The predicted octanol–water partition coefficient (Wildman–Crippen LogP) is 2.24. The van der Waals surface area contributed by atoms with Gasteiger partial charge in [0.25, 0.3) is 11.8 Å². The van der Waals surface area contributed by atoms with Crippen molar-refractivity contribution in [3.63, 3.8) is 0 Å². The summed E-state index contributed by atoms with van der Waals surface area (Å²) in [6.45, 7) is 5.08. The molecule has 0 fully saturated rings. The van der Waals surface area contributed by atoms with Crippen LogP contribution in [0, 0.1) is 5.92 Å². The van der Waals surface area contributed by atoms with Crippen LogP contribution in [-0.4, -0.2) is 48.9 Å². The minimum Gasteiger partial charge on any atom is -0.385 e. The molecular formula is C19H26N2O4. The number of hydrogen-bond donors (Lipinski definition) is 1. The van der Waals surface area contributed by atoms with Gasteiger partial charge in [-0.1, -0.05) is 26.0 Å². The average Bonchev–Trinajstić information content (AvgIpc) is 2.84. The molecule has 136 valence electrons. The second-order valence-electron chi connectivity index (χ2n) is 6.66. The van der Waals surface area contributed by atoms with Crippen molar-refractivity contribution in [1.82, 2.24) is 10.2 Å². The largest absolute Gasteiger partial charge is 0.385 e. The molecule has 1 aromatic carbocycles. The van der Waals surface area contributed by atoms with Crippen LogP contribution in [0.3, 0.4) is 0 Å². The molecule has 2 rings (SSSR count). The molecule has 25 heavy (non-hydrogen) atoms. The van der Waals surface area contributed by atoms with Crippen LogP contribution in [-0.2, 0) is 9.53 Å². The molecule has 1 atom stereocenters. The van der Waals surface area contributed by atoms with Crippen molar-refractivity contribution in [2.45, 2.75) is 39.2 Å². The van der Waals surface area contributed by atoms with Crippen LogP contribution in [0.1, 0.15) is 53.8 Å². The Morgan fingerprint density at radius 2 is 1.72 bits per heavy atom. The minimum absolute atomic E-state index is 0.175. The zero-order valence-corrected chi connectivity index (χ0v) is 15.1. The average molecular weight is 346 g/mol. The maximum absolute atomic E-state index is 12.7. The SMILES string of the molecule is COCCCCNC(=O)C(CC(C)C)N1C(=O)c2ccccc2C1=O. The van der Waals surface area contributed by atoms with Gasteiger partial charge in [-0.25, -0.2) is 0 Å². The Balaban J connectivity index is 2.11. The van der Waals surface area contributed by atoms with Gasteiger partial charge in [0.2, 0.25) is 5.91 Å². The summed E-state index contributed by atoms with van der Waals surface area (Å²) >= 11 is 0. The van der Waals surface area contributed by atoms with Gasteiger partial charge in [-0.05, 0) is 37.3 Å². The second-order valence-corrected chi connectivity index (χ2v) is 6.66. The van der Waals surface area contributed by atoms with Crippen molar-refractivity contribution in [2.24, 2.45) is 5.92 Å². The molecule has 0 bridgehead atoms. The van der Waals surface area contributed by atoms with E-state index in [0.717, 1.165) is 17.7 Å². The molecular weight excluding hydrogens is 320 g/mol. The Kier molecular flexibility index (Phi) is 6.70. The summed E-state index contributed by atoms with van der Waals surface area (Å²) in [6.07, 6.45) is 2.07. The topological polar surface area (TPSA) is 75.7 Å². The minimum atomic E-state index is -0.783. The van der Waals surface area contributed by atoms with Gasteiger partial charge in [0.05, 0.1) is 11.1 Å². The molecule has 6 heteroatoms. The maximum Gasteiger partial charge on any atom is 0.262 e. The number of nitrogens with one attached hydrogen (secondary N) is 1. The zero-order chi connectivity index (χ0) is 18.4. The molecule has 3 amide bonds. The molecule has 0 spiro atoms. The number of carbonyl (C=O) groups excluding carboxylic acids is 3. The third-order valence-electron chi connectivity index (χ3n) is 4.21. The highest BCUT2D eigenvalue weighted by Gasteiger charge is 2.42. The molecule has 1 N–H and O–H groups in total. The maximum atomic E-state index is 12.7. The molecule has 0 radical (unpaired) electrons. The predicted molar refractivity (Wildman–Crippen MR) is 94.3 cm³/mol. The lowest BCUT2D eigenvalue weighted by Crippen LogP contribution is -2.50. The zero-order valence-electron chi connectivity index (χ0n) is 15.1. The summed E-state index contributed by atoms with van der Waals surface area (Å²) in [5.41, 5.74) is 0.739. The molecule has 6 nitrogen and oxygen atoms in total. The number of methoxy groups -OCH3 is 1. The van der Waals surface area contributed by atoms with Gasteiger partial charge in [-0.2, -0.15) is 0 Å². The fraction of sp³-hybridized carbons (Fsp3) is 0.526. The second kappa shape index (κ2) is 8.76. The molecule has 1 aliphatic heterocycles. The van der Waals surface area contributed by atoms with Gasteiger partial charge < -0.3 is 10.1 Å². The summed E-state index contributed by atoms with van der Waals surface area (Å²) in [4.78, 5) is 39.1. The Morgan fingerprint density at radius 1 is 1.12 bits per heavy atom. The monoisotopic (exact) mass is 346 g/mol. The third kappa shape index (κ3) is 4.45. The first-order valence-corrected chi connectivity index (χ1v) is 8.71. The molecule has 1 heterocycles. The molecule has 0 aliphatic carbocycles. The van der Waals surface area contributed by atoms with Gasteiger partial charge in [-0.15, -0.1) is 0 Å². The van der Waals surface area contributed by atoms with E-state index in [1.165, 1.54) is 0 Å². The quantitative estimate of drug-likeness (QED) is 0.550. The number of benzene rings is 1.